The maximum Gasteiger partial charge on any atom is 0.256 e. The molecule has 1 fully saturated rings. The fourth-order valence-corrected chi connectivity index (χ4v) is 3.24. The molecule has 1 aliphatic rings. The van der Waals surface area contributed by atoms with Gasteiger partial charge in [-0.05, 0) is 19.4 Å². The van der Waals surface area contributed by atoms with E-state index < -0.39 is 0 Å². The first-order chi connectivity index (χ1) is 11.1. The number of hydrogen-bond acceptors (Lipinski definition) is 2. The van der Waals surface area contributed by atoms with E-state index in [0.29, 0.717) is 32.6 Å². The number of benzene rings is 1. The number of hydrogen-bond donors (Lipinski definition) is 1. The van der Waals surface area contributed by atoms with Crippen LogP contribution in [0.25, 0.3) is 10.9 Å². The molecular formula is C18H23N3O2. The Morgan fingerprint density at radius 3 is 2.43 bits per heavy atom. The van der Waals surface area contributed by atoms with Crippen LogP contribution in [0.4, 0.5) is 0 Å². The Hall–Kier alpha value is -2.30. The molecule has 0 aliphatic carbocycles. The van der Waals surface area contributed by atoms with Gasteiger partial charge in [-0.25, -0.2) is 0 Å². The number of fused-ring (bicyclic) bond motifs is 1. The summed E-state index contributed by atoms with van der Waals surface area (Å²) in [7, 11) is 0. The van der Waals surface area contributed by atoms with Crippen molar-refractivity contribution < 1.29 is 9.59 Å². The van der Waals surface area contributed by atoms with Gasteiger partial charge in [-0.15, -0.1) is 0 Å². The molecule has 1 aliphatic heterocycles. The lowest BCUT2D eigenvalue weighted by atomic mass is 10.1. The van der Waals surface area contributed by atoms with E-state index >= 15 is 0 Å². The molecule has 1 aromatic heterocycles. The zero-order valence-electron chi connectivity index (χ0n) is 13.8. The van der Waals surface area contributed by atoms with Crippen LogP contribution in [0.15, 0.2) is 24.3 Å². The predicted octanol–water partition coefficient (Wildman–Crippen LogP) is 2.56. The highest BCUT2D eigenvalue weighted by molar-refractivity contribution is 6.08. The standard InChI is InChI=1S/C18H23N3O2/c1-3-6-16(22)20-9-11-21(12-10-20)18(23)17-13(2)19-15-8-5-4-7-14(15)17/h4-5,7-8,19H,3,6,9-12H2,1-2H3. The van der Waals surface area contributed by atoms with Crippen LogP contribution < -0.4 is 0 Å². The second-order valence-corrected chi connectivity index (χ2v) is 6.09. The number of aromatic nitrogens is 1. The molecule has 2 aromatic rings. The molecule has 0 bridgehead atoms. The number of H-pyrrole nitrogens is 1. The van der Waals surface area contributed by atoms with Gasteiger partial charge in [0.2, 0.25) is 5.91 Å². The van der Waals surface area contributed by atoms with Gasteiger partial charge in [-0.3, -0.25) is 9.59 Å². The minimum absolute atomic E-state index is 0.0579. The third-order valence-electron chi connectivity index (χ3n) is 4.49. The van der Waals surface area contributed by atoms with Gasteiger partial charge in [0.15, 0.2) is 0 Å². The molecule has 122 valence electrons. The van der Waals surface area contributed by atoms with E-state index in [1.165, 1.54) is 0 Å². The number of para-hydroxylation sites is 1. The Labute approximate surface area is 136 Å². The maximum atomic E-state index is 12.9. The van der Waals surface area contributed by atoms with Crippen LogP contribution in [0, 0.1) is 6.92 Å². The van der Waals surface area contributed by atoms with Crippen LogP contribution in [0.2, 0.25) is 0 Å². The van der Waals surface area contributed by atoms with Crippen LogP contribution in [0.1, 0.15) is 35.8 Å². The maximum absolute atomic E-state index is 12.9. The minimum atomic E-state index is 0.0579. The van der Waals surface area contributed by atoms with E-state index in [0.717, 1.165) is 28.6 Å². The van der Waals surface area contributed by atoms with Gasteiger partial charge in [0, 0.05) is 49.2 Å². The van der Waals surface area contributed by atoms with Crippen LogP contribution >= 0.6 is 0 Å². The Morgan fingerprint density at radius 2 is 1.74 bits per heavy atom. The van der Waals surface area contributed by atoms with Crippen molar-refractivity contribution in [3.05, 3.63) is 35.5 Å². The van der Waals surface area contributed by atoms with Gasteiger partial charge in [0.05, 0.1) is 5.56 Å². The highest BCUT2D eigenvalue weighted by Gasteiger charge is 2.26. The third-order valence-corrected chi connectivity index (χ3v) is 4.49. The molecule has 23 heavy (non-hydrogen) atoms. The summed E-state index contributed by atoms with van der Waals surface area (Å²) in [5, 5.41) is 0.972. The van der Waals surface area contributed by atoms with Gasteiger partial charge in [-0.1, -0.05) is 25.1 Å². The summed E-state index contributed by atoms with van der Waals surface area (Å²) < 4.78 is 0. The molecule has 2 amide bonds. The smallest absolute Gasteiger partial charge is 0.256 e. The van der Waals surface area contributed by atoms with Crippen molar-refractivity contribution in [2.75, 3.05) is 26.2 Å². The summed E-state index contributed by atoms with van der Waals surface area (Å²) in [5.41, 5.74) is 2.65. The zero-order chi connectivity index (χ0) is 16.4. The molecule has 1 saturated heterocycles. The molecule has 0 spiro atoms. The van der Waals surface area contributed by atoms with E-state index in [1.54, 1.807) is 0 Å². The van der Waals surface area contributed by atoms with Gasteiger partial charge in [0.25, 0.3) is 5.91 Å². The molecule has 5 nitrogen and oxygen atoms in total. The second kappa shape index (κ2) is 6.44. The normalized spacial score (nSPS) is 15.2. The van der Waals surface area contributed by atoms with Crippen molar-refractivity contribution in [2.24, 2.45) is 0 Å². The van der Waals surface area contributed by atoms with E-state index in [9.17, 15) is 9.59 Å². The number of nitrogens with one attached hydrogen (secondary N) is 1. The van der Waals surface area contributed by atoms with E-state index in [-0.39, 0.29) is 11.8 Å². The van der Waals surface area contributed by atoms with Gasteiger partial charge in [-0.2, -0.15) is 0 Å². The molecule has 0 saturated carbocycles. The predicted molar refractivity (Wildman–Crippen MR) is 90.4 cm³/mol. The Kier molecular flexibility index (Phi) is 4.37. The molecule has 1 aromatic carbocycles. The SMILES string of the molecule is CCCC(=O)N1CCN(C(=O)c2c(C)[nH]c3ccccc23)CC1. The lowest BCUT2D eigenvalue weighted by molar-refractivity contribution is -0.132. The summed E-state index contributed by atoms with van der Waals surface area (Å²) in [6.07, 6.45) is 1.46. The summed E-state index contributed by atoms with van der Waals surface area (Å²) in [5.74, 6) is 0.255. The number of amides is 2. The van der Waals surface area contributed by atoms with Crippen LogP contribution in [-0.2, 0) is 4.79 Å². The first-order valence-electron chi connectivity index (χ1n) is 8.26. The fraction of sp³-hybridized carbons (Fsp3) is 0.444. The van der Waals surface area contributed by atoms with Crippen molar-refractivity contribution in [2.45, 2.75) is 26.7 Å². The van der Waals surface area contributed by atoms with Crippen LogP contribution in [-0.4, -0.2) is 52.8 Å². The Morgan fingerprint density at radius 1 is 1.09 bits per heavy atom. The summed E-state index contributed by atoms with van der Waals surface area (Å²) >= 11 is 0. The fourth-order valence-electron chi connectivity index (χ4n) is 3.24. The molecular weight excluding hydrogens is 290 g/mol. The Balaban J connectivity index is 1.74. The van der Waals surface area contributed by atoms with E-state index in [4.69, 9.17) is 0 Å². The third kappa shape index (κ3) is 2.96. The lowest BCUT2D eigenvalue weighted by Crippen LogP contribution is -2.50. The minimum Gasteiger partial charge on any atom is -0.358 e. The second-order valence-electron chi connectivity index (χ2n) is 6.09. The first kappa shape index (κ1) is 15.6. The lowest BCUT2D eigenvalue weighted by Gasteiger charge is -2.35. The van der Waals surface area contributed by atoms with E-state index in [2.05, 4.69) is 4.98 Å². The summed E-state index contributed by atoms with van der Waals surface area (Å²) in [6, 6.07) is 7.88. The number of nitrogens with zero attached hydrogens (tertiary/aromatic N) is 2. The number of aromatic amines is 1. The summed E-state index contributed by atoms with van der Waals surface area (Å²) in [4.78, 5) is 31.9. The first-order valence-corrected chi connectivity index (χ1v) is 8.26. The van der Waals surface area contributed by atoms with Gasteiger partial charge >= 0.3 is 0 Å². The molecule has 3 rings (SSSR count). The monoisotopic (exact) mass is 313 g/mol. The average Bonchev–Trinajstić information content (AvgIpc) is 2.90. The Bertz CT molecular complexity index is 727. The molecule has 0 radical (unpaired) electrons. The number of piperazine rings is 1. The van der Waals surface area contributed by atoms with Crippen molar-refractivity contribution in [1.29, 1.82) is 0 Å². The number of aryl methyl sites for hydroxylation is 1. The molecule has 5 heteroatoms. The largest absolute Gasteiger partial charge is 0.358 e. The highest BCUT2D eigenvalue weighted by Crippen LogP contribution is 2.23. The topological polar surface area (TPSA) is 56.4 Å². The van der Waals surface area contributed by atoms with Gasteiger partial charge < -0.3 is 14.8 Å². The molecule has 1 N–H and O–H groups in total. The average molecular weight is 313 g/mol. The molecule has 0 unspecified atom stereocenters. The van der Waals surface area contributed by atoms with Crippen molar-refractivity contribution >= 4 is 22.7 Å². The molecule has 0 atom stereocenters. The summed E-state index contributed by atoms with van der Waals surface area (Å²) in [6.45, 7) is 6.42. The number of carbonyl (C=O) groups excluding carboxylic acids is 2. The van der Waals surface area contributed by atoms with Gasteiger partial charge in [0.1, 0.15) is 0 Å². The van der Waals surface area contributed by atoms with Crippen molar-refractivity contribution in [3.8, 4) is 0 Å². The van der Waals surface area contributed by atoms with Crippen molar-refractivity contribution in [1.82, 2.24) is 14.8 Å². The number of rotatable bonds is 3. The van der Waals surface area contributed by atoms with Crippen LogP contribution in [0.3, 0.4) is 0 Å². The van der Waals surface area contributed by atoms with E-state index in [1.807, 2.05) is 47.9 Å². The highest BCUT2D eigenvalue weighted by atomic mass is 16.2. The van der Waals surface area contributed by atoms with Crippen LogP contribution in [0.5, 0.6) is 0 Å². The molecule has 2 heterocycles. The quantitative estimate of drug-likeness (QED) is 0.947. The number of carbonyl (C=O) groups is 2. The van der Waals surface area contributed by atoms with Crippen molar-refractivity contribution in [3.63, 3.8) is 0 Å². The zero-order valence-corrected chi connectivity index (χ0v) is 13.8.